The van der Waals surface area contributed by atoms with E-state index in [9.17, 15) is 0 Å². The van der Waals surface area contributed by atoms with Gasteiger partial charge >= 0.3 is 0 Å². The first-order valence-electron chi connectivity index (χ1n) is 24.3. The third kappa shape index (κ3) is 6.82. The Balaban J connectivity index is 0.872. The second-order valence-electron chi connectivity index (χ2n) is 18.4. The van der Waals surface area contributed by atoms with Crippen LogP contribution in [0.4, 0.5) is 17.1 Å². The van der Waals surface area contributed by atoms with Crippen molar-refractivity contribution in [3.63, 3.8) is 0 Å². The molecule has 2 aromatic heterocycles. The lowest BCUT2D eigenvalue weighted by atomic mass is 9.95. The molecule has 0 amide bonds. The number of hydrogen-bond acceptors (Lipinski definition) is 2. The maximum Gasteiger partial charge on any atom is 0.143 e. The molecule has 71 heavy (non-hydrogen) atoms. The number of hydrogen-bond donors (Lipinski definition) is 0. The van der Waals surface area contributed by atoms with Gasteiger partial charge in [0.15, 0.2) is 0 Å². The summed E-state index contributed by atoms with van der Waals surface area (Å²) < 4.78 is 8.91. The summed E-state index contributed by atoms with van der Waals surface area (Å²) in [5.41, 5.74) is 17.7. The molecule has 332 valence electrons. The molecule has 0 spiro atoms. The molecule has 0 aliphatic carbocycles. The van der Waals surface area contributed by atoms with Gasteiger partial charge in [0.1, 0.15) is 11.2 Å². The van der Waals surface area contributed by atoms with E-state index < -0.39 is 0 Å². The molecule has 0 aliphatic heterocycles. The van der Waals surface area contributed by atoms with E-state index in [0.29, 0.717) is 0 Å². The van der Waals surface area contributed by atoms with Gasteiger partial charge in [0.2, 0.25) is 0 Å². The van der Waals surface area contributed by atoms with Crippen LogP contribution in [0.15, 0.2) is 271 Å². The van der Waals surface area contributed by atoms with Crippen molar-refractivity contribution in [1.29, 1.82) is 0 Å². The average Bonchev–Trinajstić information content (AvgIpc) is 4.00. The van der Waals surface area contributed by atoms with Crippen molar-refractivity contribution >= 4 is 82.4 Å². The smallest absolute Gasteiger partial charge is 0.143 e. The zero-order chi connectivity index (χ0) is 46.8. The number of para-hydroxylation sites is 6. The highest BCUT2D eigenvalue weighted by atomic mass is 16.3. The summed E-state index contributed by atoms with van der Waals surface area (Å²) in [5.74, 6) is 0. The van der Waals surface area contributed by atoms with E-state index in [0.717, 1.165) is 78.1 Å². The second kappa shape index (κ2) is 16.7. The van der Waals surface area contributed by atoms with Crippen LogP contribution in [0.5, 0.6) is 0 Å². The van der Waals surface area contributed by atoms with Crippen molar-refractivity contribution in [2.24, 2.45) is 0 Å². The molecule has 0 saturated heterocycles. The predicted octanol–water partition coefficient (Wildman–Crippen LogP) is 19.1. The second-order valence-corrected chi connectivity index (χ2v) is 18.4. The van der Waals surface area contributed by atoms with Crippen molar-refractivity contribution < 1.29 is 4.42 Å². The van der Waals surface area contributed by atoms with Gasteiger partial charge < -0.3 is 13.9 Å². The van der Waals surface area contributed by atoms with E-state index in [4.69, 9.17) is 4.42 Å². The number of anilines is 3. The third-order valence-electron chi connectivity index (χ3n) is 14.4. The average molecular weight is 905 g/mol. The lowest BCUT2D eigenvalue weighted by Crippen LogP contribution is -2.11. The van der Waals surface area contributed by atoms with Crippen LogP contribution in [0.1, 0.15) is 0 Å². The van der Waals surface area contributed by atoms with E-state index in [1.807, 2.05) is 12.1 Å². The normalized spacial score (nSPS) is 11.7. The maximum absolute atomic E-state index is 6.50. The topological polar surface area (TPSA) is 21.3 Å². The molecule has 0 aliphatic rings. The van der Waals surface area contributed by atoms with Crippen LogP contribution >= 0.6 is 0 Å². The van der Waals surface area contributed by atoms with Gasteiger partial charge in [-0.25, -0.2) is 0 Å². The first-order valence-corrected chi connectivity index (χ1v) is 24.3. The number of fused-ring (bicyclic) bond motifs is 9. The zero-order valence-electron chi connectivity index (χ0n) is 38.7. The Morgan fingerprint density at radius 1 is 0.296 bits per heavy atom. The van der Waals surface area contributed by atoms with Gasteiger partial charge in [0.05, 0.1) is 22.4 Å². The highest BCUT2D eigenvalue weighted by Crippen LogP contribution is 2.44. The van der Waals surface area contributed by atoms with Crippen molar-refractivity contribution in [3.8, 4) is 50.2 Å². The summed E-state index contributed by atoms with van der Waals surface area (Å²) in [5, 5.41) is 9.75. The van der Waals surface area contributed by atoms with E-state index in [1.165, 1.54) is 54.5 Å². The Kier molecular flexibility index (Phi) is 9.53. The Hall–Kier alpha value is -9.44. The van der Waals surface area contributed by atoms with Gasteiger partial charge in [-0.15, -0.1) is 0 Å². The molecular formula is C68H44N2O. The molecule has 2 heterocycles. The maximum atomic E-state index is 6.50. The molecule has 0 radical (unpaired) electrons. The standard InChI is InChI=1S/C68H44N2O/c1-2-18-54-46(15-1)31-32-50-44-51(37-42-55(50)54)57-20-3-8-26-63(57)69(53-40-35-47(36-41-53)58-24-14-25-62-61-23-7-12-30-67(61)71-68(58)62)52-38-33-45(34-39-52)48-16-13-17-49(43-48)56-19-4-9-27-64(56)70-65-28-10-5-21-59(65)60-22-6-11-29-66(60)70/h1-44H. The number of benzene rings is 12. The molecule has 0 N–H and O–H groups in total. The van der Waals surface area contributed by atoms with Crippen LogP contribution < -0.4 is 4.90 Å². The molecule has 12 aromatic carbocycles. The van der Waals surface area contributed by atoms with Gasteiger partial charge in [-0.2, -0.15) is 0 Å². The molecule has 14 rings (SSSR count). The Bertz CT molecular complexity index is 4290. The lowest BCUT2D eigenvalue weighted by molar-refractivity contribution is 0.670. The van der Waals surface area contributed by atoms with Gasteiger partial charge in [0.25, 0.3) is 0 Å². The van der Waals surface area contributed by atoms with E-state index >= 15 is 0 Å². The summed E-state index contributed by atoms with van der Waals surface area (Å²) in [6.45, 7) is 0. The van der Waals surface area contributed by atoms with Crippen LogP contribution in [-0.4, -0.2) is 4.57 Å². The van der Waals surface area contributed by atoms with Crippen LogP contribution in [0.2, 0.25) is 0 Å². The third-order valence-corrected chi connectivity index (χ3v) is 14.4. The molecule has 0 saturated carbocycles. The molecule has 0 bridgehead atoms. The fourth-order valence-electron chi connectivity index (χ4n) is 11.0. The monoisotopic (exact) mass is 904 g/mol. The van der Waals surface area contributed by atoms with Crippen molar-refractivity contribution in [3.05, 3.63) is 267 Å². The van der Waals surface area contributed by atoms with E-state index in [2.05, 4.69) is 264 Å². The minimum Gasteiger partial charge on any atom is -0.455 e. The number of aromatic nitrogens is 1. The summed E-state index contributed by atoms with van der Waals surface area (Å²) in [7, 11) is 0. The summed E-state index contributed by atoms with van der Waals surface area (Å²) in [4.78, 5) is 2.40. The van der Waals surface area contributed by atoms with Gasteiger partial charge in [0, 0.05) is 49.6 Å². The highest BCUT2D eigenvalue weighted by molar-refractivity contribution is 6.12. The summed E-state index contributed by atoms with van der Waals surface area (Å²) >= 11 is 0. The Morgan fingerprint density at radius 2 is 0.831 bits per heavy atom. The van der Waals surface area contributed by atoms with Gasteiger partial charge in [-0.3, -0.25) is 0 Å². The van der Waals surface area contributed by atoms with E-state index in [-0.39, 0.29) is 0 Å². The van der Waals surface area contributed by atoms with Gasteiger partial charge in [-0.1, -0.05) is 200 Å². The first-order chi connectivity index (χ1) is 35.2. The minimum atomic E-state index is 0.899. The highest BCUT2D eigenvalue weighted by Gasteiger charge is 2.20. The fraction of sp³-hybridized carbons (Fsp3) is 0. The van der Waals surface area contributed by atoms with Crippen LogP contribution in [0.3, 0.4) is 0 Å². The number of furan rings is 1. The van der Waals surface area contributed by atoms with E-state index in [1.54, 1.807) is 0 Å². The fourth-order valence-corrected chi connectivity index (χ4v) is 11.0. The molecule has 0 unspecified atom stereocenters. The van der Waals surface area contributed by atoms with Crippen molar-refractivity contribution in [2.75, 3.05) is 4.90 Å². The summed E-state index contributed by atoms with van der Waals surface area (Å²) in [6, 6.07) is 96.7. The predicted molar refractivity (Wildman–Crippen MR) is 299 cm³/mol. The molecule has 0 fully saturated rings. The van der Waals surface area contributed by atoms with Crippen molar-refractivity contribution in [1.82, 2.24) is 4.57 Å². The zero-order valence-corrected chi connectivity index (χ0v) is 38.7. The van der Waals surface area contributed by atoms with Crippen LogP contribution in [0, 0.1) is 0 Å². The Labute approximate surface area is 411 Å². The number of rotatable bonds is 8. The van der Waals surface area contributed by atoms with Gasteiger partial charge in [-0.05, 0) is 116 Å². The molecule has 14 aromatic rings. The van der Waals surface area contributed by atoms with Crippen LogP contribution in [-0.2, 0) is 0 Å². The first kappa shape index (κ1) is 40.6. The van der Waals surface area contributed by atoms with Crippen molar-refractivity contribution in [2.45, 2.75) is 0 Å². The quantitative estimate of drug-likeness (QED) is 0.142. The minimum absolute atomic E-state index is 0.899. The number of nitrogens with zero attached hydrogens (tertiary/aromatic N) is 2. The summed E-state index contributed by atoms with van der Waals surface area (Å²) in [6.07, 6.45) is 0. The largest absolute Gasteiger partial charge is 0.455 e. The molecular weight excluding hydrogens is 861 g/mol. The molecule has 0 atom stereocenters. The SMILES string of the molecule is c1cc(-c2ccc(N(c3ccc(-c4cccc5c4oc4ccccc45)cc3)c3ccccc3-c3ccc4c(ccc5ccccc54)c3)cc2)cc(-c2ccccc2-n2c3ccccc3c3ccccc32)c1. The molecule has 3 heteroatoms. The van der Waals surface area contributed by atoms with Crippen LogP contribution in [0.25, 0.3) is 115 Å². The molecule has 3 nitrogen and oxygen atoms in total. The lowest BCUT2D eigenvalue weighted by Gasteiger charge is -2.28. The Morgan fingerprint density at radius 3 is 1.62 bits per heavy atom.